The lowest BCUT2D eigenvalue weighted by molar-refractivity contribution is -0.129. The molecule has 34 heavy (non-hydrogen) atoms. The minimum absolute atomic E-state index is 0.0314. The number of amides is 3. The van der Waals surface area contributed by atoms with E-state index in [1.807, 2.05) is 24.3 Å². The van der Waals surface area contributed by atoms with Gasteiger partial charge in [0, 0.05) is 50.4 Å². The molecule has 0 radical (unpaired) electrons. The molecular weight excluding hydrogens is 436 g/mol. The molecule has 1 fully saturated rings. The van der Waals surface area contributed by atoms with Crippen molar-refractivity contribution in [3.63, 3.8) is 0 Å². The van der Waals surface area contributed by atoms with Crippen LogP contribution in [0.1, 0.15) is 22.3 Å². The Balaban J connectivity index is 1.26. The summed E-state index contributed by atoms with van der Waals surface area (Å²) >= 11 is 0. The van der Waals surface area contributed by atoms with Crippen LogP contribution in [0.4, 0.5) is 5.69 Å². The van der Waals surface area contributed by atoms with E-state index in [-0.39, 0.29) is 24.3 Å². The Morgan fingerprint density at radius 3 is 2.68 bits per heavy atom. The van der Waals surface area contributed by atoms with Gasteiger partial charge in [-0.1, -0.05) is 6.07 Å². The summed E-state index contributed by atoms with van der Waals surface area (Å²) in [5, 5.41) is 0. The van der Waals surface area contributed by atoms with Gasteiger partial charge in [-0.2, -0.15) is 0 Å². The maximum atomic E-state index is 13.1. The van der Waals surface area contributed by atoms with Crippen LogP contribution in [0.25, 0.3) is 11.3 Å². The van der Waals surface area contributed by atoms with Gasteiger partial charge in [-0.25, -0.2) is 4.98 Å². The number of rotatable bonds is 6. The Bertz CT molecular complexity index is 1240. The molecule has 1 atom stereocenters. The highest BCUT2D eigenvalue weighted by atomic mass is 16.5. The lowest BCUT2D eigenvalue weighted by Crippen LogP contribution is -2.36. The lowest BCUT2D eigenvalue weighted by atomic mass is 10.1. The number of likely N-dealkylation sites (N-methyl/N-ethyl adjacent to an activating group) is 1. The first kappa shape index (κ1) is 21.7. The number of hydrogen-bond acceptors (Lipinski definition) is 6. The first-order valence-corrected chi connectivity index (χ1v) is 11.0. The lowest BCUT2D eigenvalue weighted by Gasteiger charge is -2.18. The summed E-state index contributed by atoms with van der Waals surface area (Å²) in [5.74, 6) is 0.770. The van der Waals surface area contributed by atoms with Crippen molar-refractivity contribution in [3.05, 3.63) is 66.2 Å². The van der Waals surface area contributed by atoms with Crippen LogP contribution in [-0.2, 0) is 16.1 Å². The quantitative estimate of drug-likeness (QED) is 0.561. The third-order valence-electron chi connectivity index (χ3n) is 6.11. The summed E-state index contributed by atoms with van der Waals surface area (Å²) in [6, 6.07) is 12.7. The molecule has 5 rings (SSSR count). The molecule has 2 aliphatic rings. The van der Waals surface area contributed by atoms with Crippen molar-refractivity contribution < 1.29 is 23.5 Å². The topological polar surface area (TPSA) is 96.2 Å². The van der Waals surface area contributed by atoms with Crippen molar-refractivity contribution in [2.45, 2.75) is 19.1 Å². The van der Waals surface area contributed by atoms with Crippen molar-refractivity contribution in [1.82, 2.24) is 14.8 Å². The second-order valence-corrected chi connectivity index (χ2v) is 8.57. The number of anilines is 1. The van der Waals surface area contributed by atoms with Crippen molar-refractivity contribution in [3.8, 4) is 17.1 Å². The normalized spacial score (nSPS) is 17.3. The van der Waals surface area contributed by atoms with Gasteiger partial charge in [-0.15, -0.1) is 0 Å². The van der Waals surface area contributed by atoms with E-state index in [1.165, 1.54) is 16.2 Å². The number of carbonyl (C=O) groups excluding carboxylic acids is 3. The molecule has 0 aliphatic carbocycles. The highest BCUT2D eigenvalue weighted by Crippen LogP contribution is 2.31. The van der Waals surface area contributed by atoms with E-state index in [0.717, 1.165) is 11.1 Å². The van der Waals surface area contributed by atoms with E-state index in [1.54, 1.807) is 43.4 Å². The molecule has 174 valence electrons. The Kier molecular flexibility index (Phi) is 5.53. The molecule has 9 nitrogen and oxygen atoms in total. The average molecular weight is 460 g/mol. The van der Waals surface area contributed by atoms with Gasteiger partial charge in [0.1, 0.15) is 12.3 Å². The fourth-order valence-corrected chi connectivity index (χ4v) is 4.19. The highest BCUT2D eigenvalue weighted by Gasteiger charge is 2.36. The third kappa shape index (κ3) is 4.00. The zero-order valence-corrected chi connectivity index (χ0v) is 18.9. The molecule has 0 N–H and O–H groups in total. The molecule has 0 saturated carbocycles. The second-order valence-electron chi connectivity index (χ2n) is 8.57. The number of ether oxygens (including phenoxy) is 1. The second kappa shape index (κ2) is 8.66. The fourth-order valence-electron chi connectivity index (χ4n) is 4.19. The van der Waals surface area contributed by atoms with Crippen LogP contribution in [0.2, 0.25) is 0 Å². The van der Waals surface area contributed by atoms with Gasteiger partial charge in [-0.05, 0) is 42.0 Å². The zero-order chi connectivity index (χ0) is 23.8. The van der Waals surface area contributed by atoms with E-state index in [2.05, 4.69) is 4.98 Å². The molecule has 2 aliphatic heterocycles. The molecule has 0 bridgehead atoms. The Morgan fingerprint density at radius 1 is 1.18 bits per heavy atom. The van der Waals surface area contributed by atoms with Crippen molar-refractivity contribution >= 4 is 23.4 Å². The maximum Gasteiger partial charge on any atom is 0.268 e. The summed E-state index contributed by atoms with van der Waals surface area (Å²) < 4.78 is 11.2. The Hall–Kier alpha value is -4.14. The van der Waals surface area contributed by atoms with Crippen LogP contribution in [0, 0.1) is 0 Å². The Labute approximate surface area is 196 Å². The van der Waals surface area contributed by atoms with Gasteiger partial charge < -0.3 is 23.9 Å². The predicted octanol–water partition coefficient (Wildman–Crippen LogP) is 2.57. The van der Waals surface area contributed by atoms with Crippen LogP contribution in [-0.4, -0.2) is 65.8 Å². The maximum absolute atomic E-state index is 13.1. The summed E-state index contributed by atoms with van der Waals surface area (Å²) in [7, 11) is 3.33. The van der Waals surface area contributed by atoms with Crippen LogP contribution >= 0.6 is 0 Å². The van der Waals surface area contributed by atoms with Gasteiger partial charge in [-0.3, -0.25) is 14.4 Å². The number of carbonyl (C=O) groups is 3. The molecule has 9 heteroatoms. The predicted molar refractivity (Wildman–Crippen MR) is 123 cm³/mol. The molecule has 0 spiro atoms. The molecule has 2 aromatic carbocycles. The van der Waals surface area contributed by atoms with E-state index in [9.17, 15) is 14.4 Å². The zero-order valence-electron chi connectivity index (χ0n) is 18.9. The van der Waals surface area contributed by atoms with E-state index in [4.69, 9.17) is 9.15 Å². The SMILES string of the molecule is CN(C)C(=O)CN1Cc2ccc(N3CC[C@@H](Oc4ccc(-c5cnco5)cc4)C3=O)cc2C1=O. The number of benzene rings is 2. The fraction of sp³-hybridized carbons (Fsp3) is 0.280. The standard InChI is InChI=1S/C25H24N4O5/c1-27(2)23(30)14-28-13-17-3-6-18(11-20(17)24(28)31)29-10-9-21(25(29)32)34-19-7-4-16(5-8-19)22-12-26-15-33-22/h3-8,11-12,15,21H,9-10,13-14H2,1-2H3/t21-/m1/s1. The highest BCUT2D eigenvalue weighted by molar-refractivity contribution is 6.03. The monoisotopic (exact) mass is 460 g/mol. The van der Waals surface area contributed by atoms with Gasteiger partial charge >= 0.3 is 0 Å². The smallest absolute Gasteiger partial charge is 0.268 e. The van der Waals surface area contributed by atoms with Crippen LogP contribution < -0.4 is 9.64 Å². The number of fused-ring (bicyclic) bond motifs is 1. The molecular formula is C25H24N4O5. The van der Waals surface area contributed by atoms with Gasteiger partial charge in [0.05, 0.1) is 6.20 Å². The Morgan fingerprint density at radius 2 is 1.97 bits per heavy atom. The largest absolute Gasteiger partial charge is 0.481 e. The first-order valence-electron chi connectivity index (χ1n) is 11.0. The van der Waals surface area contributed by atoms with Crippen molar-refractivity contribution in [2.75, 3.05) is 32.1 Å². The van der Waals surface area contributed by atoms with Gasteiger partial charge in [0.15, 0.2) is 18.3 Å². The molecule has 1 aromatic heterocycles. The molecule has 3 aromatic rings. The molecule has 1 saturated heterocycles. The van der Waals surface area contributed by atoms with Crippen molar-refractivity contribution in [2.24, 2.45) is 0 Å². The number of oxazole rings is 1. The number of nitrogens with zero attached hydrogens (tertiary/aromatic N) is 4. The molecule has 3 amide bonds. The summed E-state index contributed by atoms with van der Waals surface area (Å²) in [4.78, 5) is 46.5. The van der Waals surface area contributed by atoms with Gasteiger partial charge in [0.25, 0.3) is 11.8 Å². The van der Waals surface area contributed by atoms with E-state index < -0.39 is 6.10 Å². The van der Waals surface area contributed by atoms with E-state index >= 15 is 0 Å². The minimum Gasteiger partial charge on any atom is -0.481 e. The molecule has 3 heterocycles. The average Bonchev–Trinajstić information content (AvgIpc) is 3.56. The van der Waals surface area contributed by atoms with Crippen LogP contribution in [0.5, 0.6) is 5.75 Å². The third-order valence-corrected chi connectivity index (χ3v) is 6.11. The minimum atomic E-state index is -0.603. The van der Waals surface area contributed by atoms with Crippen molar-refractivity contribution in [1.29, 1.82) is 0 Å². The molecule has 0 unspecified atom stereocenters. The van der Waals surface area contributed by atoms with Gasteiger partial charge in [0.2, 0.25) is 5.91 Å². The summed E-state index contributed by atoms with van der Waals surface area (Å²) in [5.41, 5.74) is 2.91. The van der Waals surface area contributed by atoms with Crippen LogP contribution in [0.3, 0.4) is 0 Å². The first-order chi connectivity index (χ1) is 16.4. The number of hydrogen-bond donors (Lipinski definition) is 0. The number of aromatic nitrogens is 1. The van der Waals surface area contributed by atoms with Crippen LogP contribution in [0.15, 0.2) is 59.5 Å². The summed E-state index contributed by atoms with van der Waals surface area (Å²) in [6.45, 7) is 0.914. The van der Waals surface area contributed by atoms with E-state index in [0.29, 0.717) is 42.3 Å². The summed E-state index contributed by atoms with van der Waals surface area (Å²) in [6.07, 6.45) is 2.94.